The van der Waals surface area contributed by atoms with Crippen LogP contribution in [0.4, 0.5) is 5.69 Å². The number of rotatable bonds is 5. The second kappa shape index (κ2) is 6.14. The average molecular weight is 296 g/mol. The lowest BCUT2D eigenvalue weighted by atomic mass is 9.76. The van der Waals surface area contributed by atoms with Crippen molar-refractivity contribution < 1.29 is 8.42 Å². The monoisotopic (exact) mass is 296 g/mol. The standard InChI is InChI=1S/C15H24N2O2S/c1-15(10-6-3-7-11-15)12-17-13-8-4-5-9-14(13)20(18,19)16-2/h4-5,8-9,16-17H,3,6-7,10-12H2,1-2H3. The molecule has 4 nitrogen and oxygen atoms in total. The first kappa shape index (κ1) is 15.3. The van der Waals surface area contributed by atoms with Crippen LogP contribution in [0.2, 0.25) is 0 Å². The third-order valence-electron chi connectivity index (χ3n) is 4.21. The zero-order valence-electron chi connectivity index (χ0n) is 12.3. The van der Waals surface area contributed by atoms with E-state index >= 15 is 0 Å². The van der Waals surface area contributed by atoms with Crippen LogP contribution in [0.25, 0.3) is 0 Å². The van der Waals surface area contributed by atoms with Crippen LogP contribution >= 0.6 is 0 Å². The highest BCUT2D eigenvalue weighted by Crippen LogP contribution is 2.36. The first-order valence-corrected chi connectivity index (χ1v) is 8.72. The minimum Gasteiger partial charge on any atom is -0.383 e. The van der Waals surface area contributed by atoms with E-state index in [1.165, 1.54) is 39.2 Å². The molecule has 0 heterocycles. The van der Waals surface area contributed by atoms with Gasteiger partial charge in [0.25, 0.3) is 0 Å². The van der Waals surface area contributed by atoms with Crippen LogP contribution in [0.1, 0.15) is 39.0 Å². The van der Waals surface area contributed by atoms with E-state index in [0.717, 1.165) is 6.54 Å². The number of hydrogen-bond acceptors (Lipinski definition) is 3. The van der Waals surface area contributed by atoms with Gasteiger partial charge in [-0.3, -0.25) is 0 Å². The van der Waals surface area contributed by atoms with E-state index in [9.17, 15) is 8.42 Å². The van der Waals surface area contributed by atoms with E-state index in [1.54, 1.807) is 12.1 Å². The Bertz CT molecular complexity index is 549. The Morgan fingerprint density at radius 1 is 1.15 bits per heavy atom. The van der Waals surface area contributed by atoms with E-state index in [2.05, 4.69) is 17.0 Å². The van der Waals surface area contributed by atoms with Gasteiger partial charge in [-0.25, -0.2) is 13.1 Å². The topological polar surface area (TPSA) is 58.2 Å². The second-order valence-electron chi connectivity index (χ2n) is 5.93. The van der Waals surface area contributed by atoms with Gasteiger partial charge in [-0.05, 0) is 37.4 Å². The average Bonchev–Trinajstić information content (AvgIpc) is 2.46. The van der Waals surface area contributed by atoms with Crippen molar-refractivity contribution in [3.8, 4) is 0 Å². The molecule has 0 amide bonds. The van der Waals surface area contributed by atoms with Gasteiger partial charge < -0.3 is 5.32 Å². The summed E-state index contributed by atoms with van der Waals surface area (Å²) < 4.78 is 26.4. The summed E-state index contributed by atoms with van der Waals surface area (Å²) in [7, 11) is -1.98. The van der Waals surface area contributed by atoms with Gasteiger partial charge in [0, 0.05) is 6.54 Å². The molecule has 0 unspecified atom stereocenters. The van der Waals surface area contributed by atoms with Crippen LogP contribution in [0.3, 0.4) is 0 Å². The van der Waals surface area contributed by atoms with Crippen LogP contribution in [0, 0.1) is 5.41 Å². The predicted molar refractivity (Wildman–Crippen MR) is 82.4 cm³/mol. The third-order valence-corrected chi connectivity index (χ3v) is 5.68. The summed E-state index contributed by atoms with van der Waals surface area (Å²) in [6, 6.07) is 7.08. The van der Waals surface area contributed by atoms with Crippen molar-refractivity contribution in [2.45, 2.75) is 43.9 Å². The molecule has 1 aromatic rings. The second-order valence-corrected chi connectivity index (χ2v) is 7.78. The largest absolute Gasteiger partial charge is 0.383 e. The molecule has 20 heavy (non-hydrogen) atoms. The van der Waals surface area contributed by atoms with Gasteiger partial charge in [-0.1, -0.05) is 38.3 Å². The molecule has 1 fully saturated rings. The van der Waals surface area contributed by atoms with Gasteiger partial charge in [0.1, 0.15) is 4.90 Å². The maximum Gasteiger partial charge on any atom is 0.242 e. The molecule has 0 bridgehead atoms. The van der Waals surface area contributed by atoms with Crippen molar-refractivity contribution >= 4 is 15.7 Å². The molecule has 0 aliphatic heterocycles. The number of para-hydroxylation sites is 1. The van der Waals surface area contributed by atoms with Crippen molar-refractivity contribution in [2.24, 2.45) is 5.41 Å². The molecule has 1 saturated carbocycles. The Morgan fingerprint density at radius 2 is 1.80 bits per heavy atom. The summed E-state index contributed by atoms with van der Waals surface area (Å²) in [5.41, 5.74) is 0.961. The van der Waals surface area contributed by atoms with Crippen molar-refractivity contribution in [3.63, 3.8) is 0 Å². The van der Waals surface area contributed by atoms with Crippen molar-refractivity contribution in [2.75, 3.05) is 18.9 Å². The Hall–Kier alpha value is -1.07. The highest BCUT2D eigenvalue weighted by molar-refractivity contribution is 7.89. The molecule has 2 rings (SSSR count). The molecule has 1 aromatic carbocycles. The van der Waals surface area contributed by atoms with E-state index < -0.39 is 10.0 Å². The number of hydrogen-bond donors (Lipinski definition) is 2. The molecule has 1 aliphatic rings. The summed E-state index contributed by atoms with van der Waals surface area (Å²) in [5, 5.41) is 3.34. The quantitative estimate of drug-likeness (QED) is 0.878. The van der Waals surface area contributed by atoms with Crippen LogP contribution in [-0.2, 0) is 10.0 Å². The van der Waals surface area contributed by atoms with Crippen LogP contribution in [-0.4, -0.2) is 22.0 Å². The van der Waals surface area contributed by atoms with E-state index in [4.69, 9.17) is 0 Å². The molecule has 2 N–H and O–H groups in total. The number of benzene rings is 1. The molecule has 0 atom stereocenters. The molecule has 5 heteroatoms. The summed E-state index contributed by atoms with van der Waals surface area (Å²) in [5.74, 6) is 0. The summed E-state index contributed by atoms with van der Waals surface area (Å²) in [6.07, 6.45) is 6.28. The summed E-state index contributed by atoms with van der Waals surface area (Å²) in [6.45, 7) is 3.11. The molecular weight excluding hydrogens is 272 g/mol. The fraction of sp³-hybridized carbons (Fsp3) is 0.600. The highest BCUT2D eigenvalue weighted by Gasteiger charge is 2.27. The lowest BCUT2D eigenvalue weighted by Crippen LogP contribution is -2.29. The fourth-order valence-corrected chi connectivity index (χ4v) is 3.76. The van der Waals surface area contributed by atoms with Gasteiger partial charge in [-0.15, -0.1) is 0 Å². The number of sulfonamides is 1. The predicted octanol–water partition coefficient (Wildman–Crippen LogP) is 2.98. The van der Waals surface area contributed by atoms with Gasteiger partial charge in [0.05, 0.1) is 5.69 Å². The summed E-state index contributed by atoms with van der Waals surface area (Å²) in [4.78, 5) is 0.321. The van der Waals surface area contributed by atoms with Crippen LogP contribution in [0.5, 0.6) is 0 Å². The molecule has 0 saturated heterocycles. The molecular formula is C15H24N2O2S. The minimum atomic E-state index is -3.41. The van der Waals surface area contributed by atoms with Crippen LogP contribution < -0.4 is 10.0 Å². The van der Waals surface area contributed by atoms with E-state index in [1.807, 2.05) is 12.1 Å². The molecule has 0 radical (unpaired) electrons. The zero-order valence-corrected chi connectivity index (χ0v) is 13.1. The number of nitrogens with one attached hydrogen (secondary N) is 2. The van der Waals surface area contributed by atoms with Gasteiger partial charge in [-0.2, -0.15) is 0 Å². The maximum atomic E-state index is 12.0. The molecule has 112 valence electrons. The smallest absolute Gasteiger partial charge is 0.242 e. The third kappa shape index (κ3) is 3.52. The molecule has 0 spiro atoms. The van der Waals surface area contributed by atoms with Gasteiger partial charge >= 0.3 is 0 Å². The first-order valence-electron chi connectivity index (χ1n) is 7.23. The van der Waals surface area contributed by atoms with E-state index in [-0.39, 0.29) is 5.41 Å². The van der Waals surface area contributed by atoms with Gasteiger partial charge in [0.15, 0.2) is 0 Å². The summed E-state index contributed by atoms with van der Waals surface area (Å²) >= 11 is 0. The Kier molecular flexibility index (Phi) is 4.70. The molecule has 1 aliphatic carbocycles. The van der Waals surface area contributed by atoms with Crippen molar-refractivity contribution in [1.29, 1.82) is 0 Å². The fourth-order valence-electron chi connectivity index (χ4n) is 2.85. The lowest BCUT2D eigenvalue weighted by Gasteiger charge is -2.34. The van der Waals surface area contributed by atoms with E-state index in [0.29, 0.717) is 10.6 Å². The Balaban J connectivity index is 2.14. The van der Waals surface area contributed by atoms with Crippen LogP contribution in [0.15, 0.2) is 29.2 Å². The minimum absolute atomic E-state index is 0.273. The maximum absolute atomic E-state index is 12.0. The van der Waals surface area contributed by atoms with Gasteiger partial charge in [0.2, 0.25) is 10.0 Å². The number of anilines is 1. The van der Waals surface area contributed by atoms with Crippen molar-refractivity contribution in [1.82, 2.24) is 4.72 Å². The molecule has 0 aromatic heterocycles. The Labute approximate surface area is 122 Å². The Morgan fingerprint density at radius 3 is 2.45 bits per heavy atom. The SMILES string of the molecule is CNS(=O)(=O)c1ccccc1NCC1(C)CCCCC1. The first-order chi connectivity index (χ1) is 9.47. The van der Waals surface area contributed by atoms with Crippen molar-refractivity contribution in [3.05, 3.63) is 24.3 Å². The lowest BCUT2D eigenvalue weighted by molar-refractivity contribution is 0.233. The highest BCUT2D eigenvalue weighted by atomic mass is 32.2. The normalized spacial score (nSPS) is 18.7. The zero-order chi connectivity index (χ0) is 14.6.